The molecule has 0 aromatic carbocycles. The third kappa shape index (κ3) is 3.82. The Morgan fingerprint density at radius 3 is 2.96 bits per heavy atom. The van der Waals surface area contributed by atoms with Gasteiger partial charge in [-0.2, -0.15) is 0 Å². The molecule has 23 heavy (non-hydrogen) atoms. The molecule has 0 radical (unpaired) electrons. The van der Waals surface area contributed by atoms with Gasteiger partial charge in [0.05, 0.1) is 0 Å². The van der Waals surface area contributed by atoms with Gasteiger partial charge in [-0.25, -0.2) is 9.78 Å². The minimum atomic E-state index is -0.180. The Kier molecular flexibility index (Phi) is 4.52. The number of hydrogen-bond donors (Lipinski definition) is 2. The van der Waals surface area contributed by atoms with Crippen molar-refractivity contribution in [2.75, 3.05) is 25.1 Å². The molecule has 1 aliphatic heterocycles. The second-order valence-electron chi connectivity index (χ2n) is 6.79. The van der Waals surface area contributed by atoms with E-state index < -0.39 is 0 Å². The van der Waals surface area contributed by atoms with Gasteiger partial charge < -0.3 is 19.8 Å². The quantitative estimate of drug-likeness (QED) is 0.911. The lowest BCUT2D eigenvalue weighted by molar-refractivity contribution is 0.0238. The van der Waals surface area contributed by atoms with Crippen molar-refractivity contribution in [2.24, 2.45) is 11.3 Å². The zero-order valence-electron chi connectivity index (χ0n) is 13.7. The molecule has 124 valence electrons. The van der Waals surface area contributed by atoms with Crippen LogP contribution in [-0.2, 0) is 4.74 Å². The number of nitrogens with one attached hydrogen (secondary N) is 2. The first-order chi connectivity index (χ1) is 11.0. The minimum Gasteiger partial charge on any atom is -0.381 e. The Balaban J connectivity index is 1.54. The van der Waals surface area contributed by atoms with Crippen LogP contribution in [0.25, 0.3) is 5.65 Å². The number of urea groups is 1. The molecule has 6 nitrogen and oxygen atoms in total. The monoisotopic (exact) mass is 316 g/mol. The van der Waals surface area contributed by atoms with Crippen LogP contribution in [0.1, 0.15) is 26.7 Å². The van der Waals surface area contributed by atoms with Gasteiger partial charge in [0.15, 0.2) is 0 Å². The summed E-state index contributed by atoms with van der Waals surface area (Å²) < 4.78 is 7.32. The normalized spacial score (nSPS) is 16.4. The summed E-state index contributed by atoms with van der Waals surface area (Å²) in [6.07, 6.45) is 7.61. The van der Waals surface area contributed by atoms with E-state index in [9.17, 15) is 4.79 Å². The number of hydrogen-bond acceptors (Lipinski definition) is 3. The molecule has 0 atom stereocenters. The van der Waals surface area contributed by atoms with Crippen molar-refractivity contribution in [1.82, 2.24) is 14.7 Å². The minimum absolute atomic E-state index is 0.0637. The van der Waals surface area contributed by atoms with Crippen LogP contribution in [0, 0.1) is 11.3 Å². The Labute approximate surface area is 136 Å². The molecular weight excluding hydrogens is 292 g/mol. The van der Waals surface area contributed by atoms with Gasteiger partial charge in [-0.3, -0.25) is 0 Å². The fraction of sp³-hybridized carbons (Fsp3) is 0.529. The second kappa shape index (κ2) is 6.58. The van der Waals surface area contributed by atoms with Gasteiger partial charge in [0.25, 0.3) is 0 Å². The Hall–Kier alpha value is -2.08. The molecule has 0 unspecified atom stereocenters. The molecule has 2 N–H and O–H groups in total. The fourth-order valence-electron chi connectivity index (χ4n) is 3.09. The van der Waals surface area contributed by atoms with Crippen molar-refractivity contribution >= 4 is 17.4 Å². The lowest BCUT2D eigenvalue weighted by Crippen LogP contribution is -2.42. The van der Waals surface area contributed by atoms with E-state index in [-0.39, 0.29) is 11.4 Å². The van der Waals surface area contributed by atoms with Gasteiger partial charge in [-0.15, -0.1) is 0 Å². The maximum absolute atomic E-state index is 12.1. The number of fused-ring (bicyclic) bond motifs is 1. The molecule has 1 fully saturated rings. The number of aromatic nitrogens is 2. The number of carbonyl (C=O) groups excluding carboxylic acids is 1. The van der Waals surface area contributed by atoms with Crippen LogP contribution in [0.2, 0.25) is 0 Å². The summed E-state index contributed by atoms with van der Waals surface area (Å²) in [6.45, 7) is 6.71. The van der Waals surface area contributed by atoms with Crippen LogP contribution in [0.15, 0.2) is 30.7 Å². The third-order valence-corrected chi connectivity index (χ3v) is 4.69. The predicted octanol–water partition coefficient (Wildman–Crippen LogP) is 2.91. The lowest BCUT2D eigenvalue weighted by atomic mass is 9.74. The Morgan fingerprint density at radius 1 is 1.39 bits per heavy atom. The molecule has 0 bridgehead atoms. The van der Waals surface area contributed by atoms with E-state index in [1.54, 1.807) is 6.20 Å². The fourth-order valence-corrected chi connectivity index (χ4v) is 3.09. The van der Waals surface area contributed by atoms with E-state index in [1.807, 2.05) is 28.9 Å². The number of nitrogens with zero attached hydrogens (tertiary/aromatic N) is 2. The Bertz CT molecular complexity index is 674. The highest BCUT2D eigenvalue weighted by Gasteiger charge is 2.31. The Morgan fingerprint density at radius 2 is 2.17 bits per heavy atom. The second-order valence-corrected chi connectivity index (χ2v) is 6.79. The van der Waals surface area contributed by atoms with Crippen molar-refractivity contribution in [3.05, 3.63) is 30.7 Å². The zero-order valence-corrected chi connectivity index (χ0v) is 13.7. The smallest absolute Gasteiger partial charge is 0.319 e. The summed E-state index contributed by atoms with van der Waals surface area (Å²) in [7, 11) is 0. The molecular formula is C17H24N4O2. The first-order valence-corrected chi connectivity index (χ1v) is 8.10. The van der Waals surface area contributed by atoms with Crippen molar-refractivity contribution < 1.29 is 9.53 Å². The molecule has 3 rings (SSSR count). The maximum Gasteiger partial charge on any atom is 0.319 e. The first kappa shape index (κ1) is 15.8. The van der Waals surface area contributed by atoms with Crippen LogP contribution in [0.4, 0.5) is 10.5 Å². The highest BCUT2D eigenvalue weighted by molar-refractivity contribution is 5.89. The van der Waals surface area contributed by atoms with Gasteiger partial charge in [0, 0.05) is 50.1 Å². The standard InChI is InChI=1S/C17H24N4O2/c1-17(2,13-4-9-23-10-5-13)12-19-16(22)20-14-3-7-21-8-6-18-15(21)11-14/h3,6-8,11,13H,4-5,9-10,12H2,1-2H3,(H2,19,20,22). The number of carbonyl (C=O) groups is 1. The van der Waals surface area contributed by atoms with Crippen molar-refractivity contribution in [1.29, 1.82) is 0 Å². The number of amides is 2. The van der Waals surface area contributed by atoms with Crippen molar-refractivity contribution in [3.63, 3.8) is 0 Å². The average molecular weight is 316 g/mol. The molecule has 1 aliphatic rings. The number of ether oxygens (including phenoxy) is 1. The molecule has 2 amide bonds. The van der Waals surface area contributed by atoms with E-state index in [0.29, 0.717) is 12.5 Å². The summed E-state index contributed by atoms with van der Waals surface area (Å²) in [6, 6.07) is 3.53. The molecule has 6 heteroatoms. The van der Waals surface area contributed by atoms with Crippen molar-refractivity contribution in [2.45, 2.75) is 26.7 Å². The zero-order chi connectivity index (χ0) is 16.3. The topological polar surface area (TPSA) is 67.7 Å². The largest absolute Gasteiger partial charge is 0.381 e. The van der Waals surface area contributed by atoms with Crippen LogP contribution in [0.3, 0.4) is 0 Å². The number of imidazole rings is 1. The molecule has 1 saturated heterocycles. The van der Waals surface area contributed by atoms with Gasteiger partial charge in [0.1, 0.15) is 5.65 Å². The van der Waals surface area contributed by atoms with Gasteiger partial charge in [-0.05, 0) is 30.2 Å². The molecule has 0 aliphatic carbocycles. The van der Waals surface area contributed by atoms with Gasteiger partial charge >= 0.3 is 6.03 Å². The SMILES string of the molecule is CC(C)(CNC(=O)Nc1ccn2ccnc2c1)C1CCOCC1. The van der Waals surface area contributed by atoms with Crippen LogP contribution in [0.5, 0.6) is 0 Å². The van der Waals surface area contributed by atoms with Gasteiger partial charge in [-0.1, -0.05) is 13.8 Å². The number of rotatable bonds is 4. The maximum atomic E-state index is 12.1. The molecule has 2 aromatic heterocycles. The van der Waals surface area contributed by atoms with E-state index in [0.717, 1.165) is 37.4 Å². The molecule has 0 saturated carbocycles. The lowest BCUT2D eigenvalue weighted by Gasteiger charge is -2.37. The van der Waals surface area contributed by atoms with Crippen molar-refractivity contribution in [3.8, 4) is 0 Å². The number of pyridine rings is 1. The van der Waals surface area contributed by atoms with Gasteiger partial charge in [0.2, 0.25) is 0 Å². The van der Waals surface area contributed by atoms with E-state index in [4.69, 9.17) is 4.74 Å². The summed E-state index contributed by atoms with van der Waals surface area (Å²) in [4.78, 5) is 16.4. The average Bonchev–Trinajstić information content (AvgIpc) is 3.02. The highest BCUT2D eigenvalue weighted by atomic mass is 16.5. The van der Waals surface area contributed by atoms with E-state index in [1.165, 1.54) is 0 Å². The molecule has 3 heterocycles. The van der Waals surface area contributed by atoms with E-state index >= 15 is 0 Å². The molecule has 2 aromatic rings. The summed E-state index contributed by atoms with van der Waals surface area (Å²) in [5.74, 6) is 0.581. The molecule has 0 spiro atoms. The number of anilines is 1. The summed E-state index contributed by atoms with van der Waals surface area (Å²) >= 11 is 0. The first-order valence-electron chi connectivity index (χ1n) is 8.10. The highest BCUT2D eigenvalue weighted by Crippen LogP contribution is 2.33. The predicted molar refractivity (Wildman–Crippen MR) is 89.5 cm³/mol. The summed E-state index contributed by atoms with van der Waals surface area (Å²) in [5.41, 5.74) is 1.61. The van der Waals surface area contributed by atoms with Crippen LogP contribution < -0.4 is 10.6 Å². The summed E-state index contributed by atoms with van der Waals surface area (Å²) in [5, 5.41) is 5.86. The van der Waals surface area contributed by atoms with E-state index in [2.05, 4.69) is 29.5 Å². The van der Waals surface area contributed by atoms with Crippen LogP contribution in [-0.4, -0.2) is 35.2 Å². The van der Waals surface area contributed by atoms with Crippen LogP contribution >= 0.6 is 0 Å². The third-order valence-electron chi connectivity index (χ3n) is 4.69.